The van der Waals surface area contributed by atoms with E-state index in [-0.39, 0.29) is 11.9 Å². The lowest BCUT2D eigenvalue weighted by atomic mass is 10.1. The largest absolute Gasteiger partial charge is 0.492 e. The molecule has 2 aromatic carbocycles. The van der Waals surface area contributed by atoms with Crippen LogP contribution in [0.1, 0.15) is 30.5 Å². The lowest BCUT2D eigenvalue weighted by molar-refractivity contribution is 0.265. The van der Waals surface area contributed by atoms with Crippen LogP contribution in [0.2, 0.25) is 0 Å². The average molecular weight is 287 g/mol. The highest BCUT2D eigenvalue weighted by Gasteiger charge is 2.11. The minimum atomic E-state index is -0.277. The van der Waals surface area contributed by atoms with Crippen molar-refractivity contribution >= 4 is 0 Å². The maximum Gasteiger partial charge on any atom is 0.126 e. The minimum absolute atomic E-state index is 0.105. The molecule has 2 nitrogen and oxygen atoms in total. The third-order valence-electron chi connectivity index (χ3n) is 3.33. The summed E-state index contributed by atoms with van der Waals surface area (Å²) in [5.41, 5.74) is 2.42. The highest BCUT2D eigenvalue weighted by molar-refractivity contribution is 5.25. The molecular formula is C18H22FNO. The Morgan fingerprint density at radius 2 is 1.90 bits per heavy atom. The van der Waals surface area contributed by atoms with Gasteiger partial charge in [0, 0.05) is 6.07 Å². The van der Waals surface area contributed by atoms with Gasteiger partial charge in [-0.3, -0.25) is 0 Å². The predicted octanol–water partition coefficient (Wildman–Crippen LogP) is 4.25. The first-order valence-electron chi connectivity index (χ1n) is 7.37. The number of halogens is 1. The summed E-state index contributed by atoms with van der Waals surface area (Å²) in [5.74, 6) is 0.284. The summed E-state index contributed by atoms with van der Waals surface area (Å²) in [4.78, 5) is 0. The van der Waals surface area contributed by atoms with Gasteiger partial charge >= 0.3 is 0 Å². The van der Waals surface area contributed by atoms with Crippen LogP contribution in [0.4, 0.5) is 4.39 Å². The molecule has 1 atom stereocenters. The van der Waals surface area contributed by atoms with Gasteiger partial charge in [0.25, 0.3) is 0 Å². The van der Waals surface area contributed by atoms with Crippen LogP contribution in [0, 0.1) is 12.7 Å². The molecule has 0 saturated heterocycles. The molecule has 112 valence electrons. The summed E-state index contributed by atoms with van der Waals surface area (Å²) in [6.07, 6.45) is 1.06. The van der Waals surface area contributed by atoms with Crippen LogP contribution < -0.4 is 10.1 Å². The zero-order valence-electron chi connectivity index (χ0n) is 12.6. The lowest BCUT2D eigenvalue weighted by Gasteiger charge is -2.20. The van der Waals surface area contributed by atoms with Gasteiger partial charge in [0.1, 0.15) is 18.2 Å². The van der Waals surface area contributed by atoms with Gasteiger partial charge in [-0.25, -0.2) is 4.39 Å². The van der Waals surface area contributed by atoms with Crippen LogP contribution in [-0.4, -0.2) is 13.2 Å². The Morgan fingerprint density at radius 1 is 1.14 bits per heavy atom. The molecule has 3 heteroatoms. The van der Waals surface area contributed by atoms with Crippen molar-refractivity contribution in [2.24, 2.45) is 0 Å². The summed E-state index contributed by atoms with van der Waals surface area (Å²) in [5, 5.41) is 3.47. The molecule has 1 N–H and O–H groups in total. The monoisotopic (exact) mass is 287 g/mol. The normalized spacial score (nSPS) is 12.1. The molecule has 0 fully saturated rings. The maximum atomic E-state index is 13.2. The van der Waals surface area contributed by atoms with Crippen molar-refractivity contribution in [1.82, 2.24) is 5.32 Å². The van der Waals surface area contributed by atoms with Crippen LogP contribution in [0.5, 0.6) is 5.75 Å². The Bertz CT molecular complexity index is 553. The molecule has 0 bridgehead atoms. The molecule has 0 radical (unpaired) electrons. The van der Waals surface area contributed by atoms with E-state index < -0.39 is 0 Å². The number of benzene rings is 2. The molecule has 2 aromatic rings. The Morgan fingerprint density at radius 3 is 2.57 bits per heavy atom. The zero-order valence-corrected chi connectivity index (χ0v) is 12.6. The van der Waals surface area contributed by atoms with Crippen molar-refractivity contribution in [3.8, 4) is 5.75 Å². The topological polar surface area (TPSA) is 21.3 Å². The SMILES string of the molecule is CCCNC(COc1cccc(F)c1)c1ccc(C)cc1. The molecule has 0 saturated carbocycles. The number of ether oxygens (including phenoxy) is 1. The molecule has 1 unspecified atom stereocenters. The van der Waals surface area contributed by atoms with E-state index in [2.05, 4.69) is 43.4 Å². The second-order valence-electron chi connectivity index (χ2n) is 5.19. The second kappa shape index (κ2) is 7.79. The van der Waals surface area contributed by atoms with Crippen molar-refractivity contribution in [2.45, 2.75) is 26.3 Å². The van der Waals surface area contributed by atoms with Crippen molar-refractivity contribution in [3.05, 3.63) is 65.5 Å². The molecular weight excluding hydrogens is 265 g/mol. The van der Waals surface area contributed by atoms with E-state index in [0.29, 0.717) is 12.4 Å². The van der Waals surface area contributed by atoms with Crippen LogP contribution in [0.15, 0.2) is 48.5 Å². The number of hydrogen-bond acceptors (Lipinski definition) is 2. The molecule has 0 amide bonds. The lowest BCUT2D eigenvalue weighted by Crippen LogP contribution is -2.27. The molecule has 21 heavy (non-hydrogen) atoms. The van der Waals surface area contributed by atoms with Gasteiger partial charge in [0.15, 0.2) is 0 Å². The molecule has 0 aromatic heterocycles. The Labute approximate surface area is 126 Å². The third kappa shape index (κ3) is 4.87. The van der Waals surface area contributed by atoms with E-state index in [1.165, 1.54) is 23.3 Å². The van der Waals surface area contributed by atoms with Crippen LogP contribution in [0.3, 0.4) is 0 Å². The summed E-state index contributed by atoms with van der Waals surface area (Å²) in [7, 11) is 0. The first-order valence-corrected chi connectivity index (χ1v) is 7.37. The minimum Gasteiger partial charge on any atom is -0.492 e. The Hall–Kier alpha value is -1.87. The number of nitrogens with one attached hydrogen (secondary N) is 1. The summed E-state index contributed by atoms with van der Waals surface area (Å²) < 4.78 is 18.9. The standard InChI is InChI=1S/C18H22FNO/c1-3-11-20-18(15-9-7-14(2)8-10-15)13-21-17-6-4-5-16(19)12-17/h4-10,12,18,20H,3,11,13H2,1-2H3. The van der Waals surface area contributed by atoms with Crippen LogP contribution >= 0.6 is 0 Å². The average Bonchev–Trinajstić information content (AvgIpc) is 2.49. The molecule has 0 spiro atoms. The van der Waals surface area contributed by atoms with Gasteiger partial charge in [-0.2, -0.15) is 0 Å². The van der Waals surface area contributed by atoms with Gasteiger partial charge in [-0.1, -0.05) is 42.8 Å². The van der Waals surface area contributed by atoms with Gasteiger partial charge < -0.3 is 10.1 Å². The van der Waals surface area contributed by atoms with E-state index in [1.54, 1.807) is 12.1 Å². The maximum absolute atomic E-state index is 13.2. The quantitative estimate of drug-likeness (QED) is 0.822. The molecule has 0 aliphatic heterocycles. The Kier molecular flexibility index (Phi) is 5.76. The molecule has 2 rings (SSSR count). The highest BCUT2D eigenvalue weighted by Crippen LogP contribution is 2.18. The number of rotatable bonds is 7. The summed E-state index contributed by atoms with van der Waals surface area (Å²) in [6, 6.07) is 14.8. The van der Waals surface area contributed by atoms with Crippen molar-refractivity contribution in [2.75, 3.05) is 13.2 Å². The number of aryl methyl sites for hydroxylation is 1. The summed E-state index contributed by atoms with van der Waals surface area (Å²) in [6.45, 7) is 5.60. The second-order valence-corrected chi connectivity index (χ2v) is 5.19. The fraction of sp³-hybridized carbons (Fsp3) is 0.333. The third-order valence-corrected chi connectivity index (χ3v) is 3.33. The molecule has 0 aliphatic rings. The highest BCUT2D eigenvalue weighted by atomic mass is 19.1. The van der Waals surface area contributed by atoms with Gasteiger partial charge in [0.05, 0.1) is 6.04 Å². The zero-order chi connectivity index (χ0) is 15.1. The predicted molar refractivity (Wildman–Crippen MR) is 84.1 cm³/mol. The Balaban J connectivity index is 2.04. The van der Waals surface area contributed by atoms with E-state index in [0.717, 1.165) is 13.0 Å². The van der Waals surface area contributed by atoms with E-state index in [4.69, 9.17) is 4.74 Å². The van der Waals surface area contributed by atoms with E-state index in [9.17, 15) is 4.39 Å². The van der Waals surface area contributed by atoms with Crippen LogP contribution in [0.25, 0.3) is 0 Å². The first-order chi connectivity index (χ1) is 10.2. The van der Waals surface area contributed by atoms with Crippen molar-refractivity contribution in [3.63, 3.8) is 0 Å². The first kappa shape index (κ1) is 15.5. The summed E-state index contributed by atoms with van der Waals surface area (Å²) >= 11 is 0. The van der Waals surface area contributed by atoms with Crippen molar-refractivity contribution in [1.29, 1.82) is 0 Å². The van der Waals surface area contributed by atoms with Crippen LogP contribution in [-0.2, 0) is 0 Å². The van der Waals surface area contributed by atoms with Gasteiger partial charge in [-0.05, 0) is 37.6 Å². The van der Waals surface area contributed by atoms with Crippen molar-refractivity contribution < 1.29 is 9.13 Å². The molecule has 0 aliphatic carbocycles. The fourth-order valence-corrected chi connectivity index (χ4v) is 2.13. The van der Waals surface area contributed by atoms with E-state index >= 15 is 0 Å². The smallest absolute Gasteiger partial charge is 0.126 e. The number of hydrogen-bond donors (Lipinski definition) is 1. The fourth-order valence-electron chi connectivity index (χ4n) is 2.13. The van der Waals surface area contributed by atoms with Gasteiger partial charge in [-0.15, -0.1) is 0 Å². The van der Waals surface area contributed by atoms with E-state index in [1.807, 2.05) is 0 Å². The van der Waals surface area contributed by atoms with Gasteiger partial charge in [0.2, 0.25) is 0 Å². The molecule has 0 heterocycles.